The van der Waals surface area contributed by atoms with Gasteiger partial charge in [-0.1, -0.05) is 12.1 Å². The van der Waals surface area contributed by atoms with E-state index in [9.17, 15) is 9.59 Å². The predicted octanol–water partition coefficient (Wildman–Crippen LogP) is 5.11. The van der Waals surface area contributed by atoms with E-state index >= 15 is 0 Å². The van der Waals surface area contributed by atoms with Gasteiger partial charge in [0.05, 0.1) is 18.9 Å². The highest BCUT2D eigenvalue weighted by molar-refractivity contribution is 6.17. The zero-order chi connectivity index (χ0) is 23.0. The van der Waals surface area contributed by atoms with Crippen LogP contribution in [0.15, 0.2) is 36.4 Å². The van der Waals surface area contributed by atoms with Crippen LogP contribution in [0.5, 0.6) is 11.5 Å². The molecule has 0 unspecified atom stereocenters. The highest BCUT2D eigenvalue weighted by Crippen LogP contribution is 2.32. The van der Waals surface area contributed by atoms with Gasteiger partial charge in [0.25, 0.3) is 0 Å². The predicted molar refractivity (Wildman–Crippen MR) is 131 cm³/mol. The van der Waals surface area contributed by atoms with Crippen molar-refractivity contribution in [1.29, 1.82) is 0 Å². The van der Waals surface area contributed by atoms with Crippen LogP contribution in [0.25, 0.3) is 0 Å². The van der Waals surface area contributed by atoms with Crippen LogP contribution in [0.2, 0.25) is 0 Å². The molecule has 0 aliphatic carbocycles. The zero-order valence-corrected chi connectivity index (χ0v) is 19.7. The summed E-state index contributed by atoms with van der Waals surface area (Å²) in [5, 5.41) is 2.90. The van der Waals surface area contributed by atoms with Crippen molar-refractivity contribution in [2.24, 2.45) is 0 Å². The first-order valence-electron chi connectivity index (χ1n) is 11.8. The number of carbonyl (C=O) groups is 2. The number of nitrogens with one attached hydrogen (secondary N) is 1. The molecule has 6 nitrogen and oxygen atoms in total. The number of benzene rings is 2. The number of anilines is 2. The molecule has 2 aromatic rings. The average molecular weight is 471 g/mol. The fourth-order valence-electron chi connectivity index (χ4n) is 4.24. The third-order valence-corrected chi connectivity index (χ3v) is 6.34. The molecule has 0 bridgehead atoms. The van der Waals surface area contributed by atoms with Gasteiger partial charge < -0.3 is 19.7 Å². The molecule has 2 amide bonds. The number of hydrogen-bond acceptors (Lipinski definition) is 4. The standard InChI is InChI=1S/C26H31ClN2O4/c27-13-1-2-14-29-24-18-22(10-6-20(24)8-12-26(29)31)33-16-4-3-15-32-21-9-5-19-7-11-25(30)28-23(19)17-21/h5-6,9-10,17-18H,1-4,7-8,11-16H2,(H,28,30). The number of alkyl halides is 1. The summed E-state index contributed by atoms with van der Waals surface area (Å²) in [4.78, 5) is 25.9. The summed E-state index contributed by atoms with van der Waals surface area (Å²) in [6.07, 6.45) is 6.18. The number of fused-ring (bicyclic) bond motifs is 2. The van der Waals surface area contributed by atoms with E-state index in [0.29, 0.717) is 38.5 Å². The third-order valence-electron chi connectivity index (χ3n) is 6.08. The maximum atomic E-state index is 12.4. The molecule has 2 aliphatic rings. The Morgan fingerprint density at radius 3 is 2.27 bits per heavy atom. The maximum absolute atomic E-state index is 12.4. The second kappa shape index (κ2) is 11.4. The van der Waals surface area contributed by atoms with Gasteiger partial charge in [-0.3, -0.25) is 9.59 Å². The molecule has 0 aromatic heterocycles. The minimum Gasteiger partial charge on any atom is -0.494 e. The Hall–Kier alpha value is -2.73. The van der Waals surface area contributed by atoms with Crippen LogP contribution >= 0.6 is 11.6 Å². The summed E-state index contributed by atoms with van der Waals surface area (Å²) in [5.74, 6) is 2.41. The van der Waals surface area contributed by atoms with Gasteiger partial charge in [-0.25, -0.2) is 0 Å². The number of nitrogens with zero attached hydrogens (tertiary/aromatic N) is 1. The lowest BCUT2D eigenvalue weighted by Crippen LogP contribution is -2.35. The van der Waals surface area contributed by atoms with Gasteiger partial charge in [0.1, 0.15) is 11.5 Å². The molecule has 0 atom stereocenters. The van der Waals surface area contributed by atoms with Crippen molar-refractivity contribution in [2.75, 3.05) is 35.9 Å². The van der Waals surface area contributed by atoms with E-state index in [-0.39, 0.29) is 11.8 Å². The normalized spacial score (nSPS) is 15.0. The quantitative estimate of drug-likeness (QED) is 0.366. The lowest BCUT2D eigenvalue weighted by atomic mass is 10.0. The van der Waals surface area contributed by atoms with Crippen LogP contribution in [0.1, 0.15) is 49.7 Å². The lowest BCUT2D eigenvalue weighted by molar-refractivity contribution is -0.119. The molecule has 4 rings (SSSR count). The second-order valence-corrected chi connectivity index (χ2v) is 8.88. The zero-order valence-electron chi connectivity index (χ0n) is 18.9. The van der Waals surface area contributed by atoms with E-state index in [4.69, 9.17) is 21.1 Å². The number of hydrogen-bond donors (Lipinski definition) is 1. The molecular weight excluding hydrogens is 440 g/mol. The minimum atomic E-state index is 0.0572. The van der Waals surface area contributed by atoms with Gasteiger partial charge in [-0.05, 0) is 61.8 Å². The summed E-state index contributed by atoms with van der Waals surface area (Å²) in [6.45, 7) is 1.87. The fraction of sp³-hybridized carbons (Fsp3) is 0.462. The lowest BCUT2D eigenvalue weighted by Gasteiger charge is -2.30. The van der Waals surface area contributed by atoms with Gasteiger partial charge in [0.2, 0.25) is 11.8 Å². The van der Waals surface area contributed by atoms with Crippen LogP contribution < -0.4 is 19.7 Å². The molecule has 0 saturated heterocycles. The molecule has 2 heterocycles. The number of ether oxygens (including phenoxy) is 2. The molecule has 2 aromatic carbocycles. The van der Waals surface area contributed by atoms with Crippen LogP contribution in [-0.2, 0) is 22.4 Å². The Balaban J connectivity index is 1.22. The van der Waals surface area contributed by atoms with Crippen LogP contribution in [-0.4, -0.2) is 37.5 Å². The third kappa shape index (κ3) is 6.20. The molecule has 0 spiro atoms. The summed E-state index contributed by atoms with van der Waals surface area (Å²) >= 11 is 5.80. The highest BCUT2D eigenvalue weighted by Gasteiger charge is 2.24. The van der Waals surface area contributed by atoms with E-state index in [1.807, 2.05) is 35.2 Å². The first-order chi connectivity index (χ1) is 16.1. The molecule has 0 radical (unpaired) electrons. The largest absolute Gasteiger partial charge is 0.494 e. The van der Waals surface area contributed by atoms with Crippen molar-refractivity contribution in [3.8, 4) is 11.5 Å². The van der Waals surface area contributed by atoms with Crippen molar-refractivity contribution >= 4 is 34.8 Å². The van der Waals surface area contributed by atoms with Gasteiger partial charge in [-0.2, -0.15) is 0 Å². The molecular formula is C26H31ClN2O4. The topological polar surface area (TPSA) is 67.9 Å². The molecule has 33 heavy (non-hydrogen) atoms. The van der Waals surface area contributed by atoms with Crippen molar-refractivity contribution in [3.63, 3.8) is 0 Å². The Kier molecular flexibility index (Phi) is 8.10. The number of amides is 2. The Morgan fingerprint density at radius 1 is 0.818 bits per heavy atom. The Bertz CT molecular complexity index is 994. The molecule has 0 saturated carbocycles. The van der Waals surface area contributed by atoms with Gasteiger partial charge in [-0.15, -0.1) is 11.6 Å². The van der Waals surface area contributed by atoms with Gasteiger partial charge in [0, 0.05) is 43.1 Å². The minimum absolute atomic E-state index is 0.0572. The highest BCUT2D eigenvalue weighted by atomic mass is 35.5. The maximum Gasteiger partial charge on any atom is 0.227 e. The summed E-state index contributed by atoms with van der Waals surface area (Å²) in [6, 6.07) is 11.9. The van der Waals surface area contributed by atoms with Gasteiger partial charge >= 0.3 is 0 Å². The molecule has 176 valence electrons. The van der Waals surface area contributed by atoms with Gasteiger partial charge in [0.15, 0.2) is 0 Å². The number of aryl methyl sites for hydroxylation is 2. The summed E-state index contributed by atoms with van der Waals surface area (Å²) < 4.78 is 11.8. The van der Waals surface area contributed by atoms with E-state index in [1.54, 1.807) is 0 Å². The summed E-state index contributed by atoms with van der Waals surface area (Å²) in [7, 11) is 0. The van der Waals surface area contributed by atoms with Crippen molar-refractivity contribution in [1.82, 2.24) is 0 Å². The van der Waals surface area contributed by atoms with E-state index in [2.05, 4.69) is 11.4 Å². The SMILES string of the molecule is O=C1CCc2ccc(OCCCCOc3ccc4c(c3)N(CCCCCl)C(=O)CC4)cc2N1. The van der Waals surface area contributed by atoms with Crippen molar-refractivity contribution in [3.05, 3.63) is 47.5 Å². The first kappa shape index (κ1) is 23.4. The number of carbonyl (C=O) groups excluding carboxylic acids is 2. The Labute approximate surface area is 200 Å². The van der Waals surface area contributed by atoms with E-state index in [1.165, 1.54) is 5.56 Å². The monoisotopic (exact) mass is 470 g/mol. The van der Waals surface area contributed by atoms with E-state index in [0.717, 1.165) is 67.0 Å². The second-order valence-electron chi connectivity index (χ2n) is 8.50. The van der Waals surface area contributed by atoms with Crippen LogP contribution in [0, 0.1) is 0 Å². The molecule has 2 aliphatic heterocycles. The van der Waals surface area contributed by atoms with Crippen LogP contribution in [0.3, 0.4) is 0 Å². The van der Waals surface area contributed by atoms with Crippen molar-refractivity contribution in [2.45, 2.75) is 51.4 Å². The molecule has 7 heteroatoms. The average Bonchev–Trinajstić information content (AvgIpc) is 2.82. The number of halogens is 1. The molecule has 0 fully saturated rings. The summed E-state index contributed by atoms with van der Waals surface area (Å²) in [5.41, 5.74) is 4.18. The molecule has 1 N–H and O–H groups in total. The smallest absolute Gasteiger partial charge is 0.227 e. The van der Waals surface area contributed by atoms with Crippen molar-refractivity contribution < 1.29 is 19.1 Å². The fourth-order valence-corrected chi connectivity index (χ4v) is 4.43. The van der Waals surface area contributed by atoms with E-state index < -0.39 is 0 Å². The first-order valence-corrected chi connectivity index (χ1v) is 12.3. The van der Waals surface area contributed by atoms with Crippen LogP contribution in [0.4, 0.5) is 11.4 Å². The number of unbranched alkanes of at least 4 members (excludes halogenated alkanes) is 2. The number of rotatable bonds is 11. The Morgan fingerprint density at radius 2 is 1.52 bits per heavy atom.